The number of carbonyl (C=O) groups is 1. The molecule has 1 heterocycles. The fourth-order valence-corrected chi connectivity index (χ4v) is 1.51. The van der Waals surface area contributed by atoms with E-state index in [0.29, 0.717) is 12.4 Å². The molecule has 1 rings (SSSR count). The zero-order valence-corrected chi connectivity index (χ0v) is 11.1. The summed E-state index contributed by atoms with van der Waals surface area (Å²) in [5.74, 6) is 0.450. The van der Waals surface area contributed by atoms with Crippen molar-refractivity contribution in [2.24, 2.45) is 0 Å². The van der Waals surface area contributed by atoms with Crippen molar-refractivity contribution in [2.75, 3.05) is 13.2 Å². The molecule has 0 radical (unpaired) electrons. The van der Waals surface area contributed by atoms with Crippen LogP contribution in [0.5, 0.6) is 0 Å². The Hall–Kier alpha value is -2.12. The van der Waals surface area contributed by atoms with Gasteiger partial charge in [-0.05, 0) is 11.3 Å². The van der Waals surface area contributed by atoms with Crippen LogP contribution in [0, 0.1) is 17.0 Å². The summed E-state index contributed by atoms with van der Waals surface area (Å²) in [6, 6.07) is 0. The molecule has 0 unspecified atom stereocenters. The molecule has 0 fully saturated rings. The number of amides is 1. The lowest BCUT2D eigenvalue weighted by molar-refractivity contribution is -0.392. The molecule has 0 aliphatic heterocycles. The Morgan fingerprint density at radius 1 is 1.63 bits per heavy atom. The van der Waals surface area contributed by atoms with E-state index in [1.165, 1.54) is 10.8 Å². The predicted molar refractivity (Wildman–Crippen MR) is 67.9 cm³/mol. The van der Waals surface area contributed by atoms with Crippen molar-refractivity contribution in [3.63, 3.8) is 0 Å². The highest BCUT2D eigenvalue weighted by Gasteiger charge is 2.16. The number of aryl methyl sites for hydroxylation is 1. The van der Waals surface area contributed by atoms with Crippen LogP contribution in [0.2, 0.25) is 0 Å². The summed E-state index contributed by atoms with van der Waals surface area (Å²) in [4.78, 5) is 25.4. The number of alkyl carbamates (subject to hydrolysis) is 1. The lowest BCUT2D eigenvalue weighted by atomic mass is 10.4. The molecule has 1 aromatic heterocycles. The normalized spacial score (nSPS) is 10.2. The summed E-state index contributed by atoms with van der Waals surface area (Å²) < 4.78 is 6.34. The molecule has 0 aromatic carbocycles. The average molecular weight is 270 g/mol. The summed E-state index contributed by atoms with van der Waals surface area (Å²) in [5.41, 5.74) is 0. The minimum absolute atomic E-state index is 0.0846. The third-order valence-corrected chi connectivity index (χ3v) is 2.56. The maximum atomic E-state index is 11.3. The highest BCUT2D eigenvalue weighted by molar-refractivity contribution is 5.66. The van der Waals surface area contributed by atoms with E-state index in [1.807, 2.05) is 6.92 Å². The number of ether oxygens (including phenoxy) is 1. The summed E-state index contributed by atoms with van der Waals surface area (Å²) >= 11 is 0. The molecule has 1 N–H and O–H groups in total. The molecule has 8 nitrogen and oxygen atoms in total. The van der Waals surface area contributed by atoms with Gasteiger partial charge in [0, 0.05) is 6.92 Å². The molecular formula is C11H18N4O4. The molecule has 0 saturated heterocycles. The second-order valence-corrected chi connectivity index (χ2v) is 3.99. The highest BCUT2D eigenvalue weighted by atomic mass is 16.6. The van der Waals surface area contributed by atoms with Gasteiger partial charge >= 0.3 is 11.9 Å². The van der Waals surface area contributed by atoms with E-state index in [9.17, 15) is 14.9 Å². The highest BCUT2D eigenvalue weighted by Crippen LogP contribution is 2.12. The largest absolute Gasteiger partial charge is 0.450 e. The minimum atomic E-state index is -0.506. The smallest absolute Gasteiger partial charge is 0.407 e. The maximum absolute atomic E-state index is 11.3. The van der Waals surface area contributed by atoms with Gasteiger partial charge in [0.05, 0.1) is 13.2 Å². The summed E-state index contributed by atoms with van der Waals surface area (Å²) in [6.45, 7) is 4.59. The van der Waals surface area contributed by atoms with Gasteiger partial charge in [-0.15, -0.1) is 0 Å². The standard InChI is InChI=1S/C11H18N4O4/c1-3-4-7-19-11(16)12-5-6-14-9(2)13-8-10(14)15(17)18/h8H,3-7H2,1-2H3,(H,12,16). The number of hydrogen-bond acceptors (Lipinski definition) is 5. The molecule has 0 bridgehead atoms. The Morgan fingerprint density at radius 2 is 2.37 bits per heavy atom. The molecule has 1 amide bonds. The first-order valence-electron chi connectivity index (χ1n) is 6.13. The zero-order chi connectivity index (χ0) is 14.3. The number of nitrogens with zero attached hydrogens (tertiary/aromatic N) is 3. The Morgan fingerprint density at radius 3 is 3.00 bits per heavy atom. The monoisotopic (exact) mass is 270 g/mol. The molecule has 0 atom stereocenters. The van der Waals surface area contributed by atoms with Crippen LogP contribution in [0.1, 0.15) is 25.6 Å². The quantitative estimate of drug-likeness (QED) is 0.461. The lowest BCUT2D eigenvalue weighted by Crippen LogP contribution is -2.28. The van der Waals surface area contributed by atoms with Gasteiger partial charge in [-0.3, -0.25) is 0 Å². The van der Waals surface area contributed by atoms with Crippen molar-refractivity contribution in [2.45, 2.75) is 33.2 Å². The van der Waals surface area contributed by atoms with Crippen molar-refractivity contribution in [1.82, 2.24) is 14.9 Å². The van der Waals surface area contributed by atoms with Crippen LogP contribution in [-0.4, -0.2) is 33.7 Å². The number of nitrogens with one attached hydrogen (secondary N) is 1. The third kappa shape index (κ3) is 4.57. The molecule has 1 aromatic rings. The van der Waals surface area contributed by atoms with Gasteiger partial charge < -0.3 is 20.2 Å². The number of rotatable bonds is 7. The van der Waals surface area contributed by atoms with E-state index in [0.717, 1.165) is 12.8 Å². The van der Waals surface area contributed by atoms with Crippen LogP contribution in [0.15, 0.2) is 6.20 Å². The summed E-state index contributed by atoms with van der Waals surface area (Å²) in [5, 5.41) is 13.3. The van der Waals surface area contributed by atoms with Gasteiger partial charge in [0.25, 0.3) is 0 Å². The van der Waals surface area contributed by atoms with Crippen LogP contribution in [0.25, 0.3) is 0 Å². The number of hydrogen-bond donors (Lipinski definition) is 1. The Kier molecular flexibility index (Phi) is 5.77. The first-order valence-corrected chi connectivity index (χ1v) is 6.13. The van der Waals surface area contributed by atoms with Crippen molar-refractivity contribution in [1.29, 1.82) is 0 Å². The topological polar surface area (TPSA) is 99.3 Å². The fourth-order valence-electron chi connectivity index (χ4n) is 1.51. The first kappa shape index (κ1) is 14.9. The number of imidazole rings is 1. The van der Waals surface area contributed by atoms with Crippen LogP contribution in [0.3, 0.4) is 0 Å². The SMILES string of the molecule is CCCCOC(=O)NCCn1c([N+](=O)[O-])cnc1C. The molecule has 0 aliphatic rings. The number of unbranched alkanes of at least 4 members (excludes halogenated alkanes) is 1. The van der Waals surface area contributed by atoms with Gasteiger partial charge in [0.2, 0.25) is 0 Å². The van der Waals surface area contributed by atoms with Gasteiger partial charge in [-0.2, -0.15) is 0 Å². The second kappa shape index (κ2) is 7.34. The molecule has 0 saturated carbocycles. The van der Waals surface area contributed by atoms with E-state index >= 15 is 0 Å². The number of nitro groups is 1. The van der Waals surface area contributed by atoms with Crippen molar-refractivity contribution in [3.8, 4) is 0 Å². The Labute approximate surface area is 110 Å². The number of aromatic nitrogens is 2. The molecule has 19 heavy (non-hydrogen) atoms. The first-order chi connectivity index (χ1) is 9.06. The van der Waals surface area contributed by atoms with Crippen LogP contribution in [-0.2, 0) is 11.3 Å². The van der Waals surface area contributed by atoms with E-state index in [4.69, 9.17) is 4.74 Å². The number of carbonyl (C=O) groups excluding carboxylic acids is 1. The van der Waals surface area contributed by atoms with E-state index in [-0.39, 0.29) is 18.9 Å². The predicted octanol–water partition coefficient (Wildman–Crippen LogP) is 1.63. The summed E-state index contributed by atoms with van der Waals surface area (Å²) in [6.07, 6.45) is 2.47. The van der Waals surface area contributed by atoms with Crippen LogP contribution >= 0.6 is 0 Å². The van der Waals surface area contributed by atoms with Crippen molar-refractivity contribution >= 4 is 11.9 Å². The van der Waals surface area contributed by atoms with Crippen molar-refractivity contribution in [3.05, 3.63) is 22.1 Å². The lowest BCUT2D eigenvalue weighted by Gasteiger charge is -2.06. The zero-order valence-electron chi connectivity index (χ0n) is 11.1. The Bertz CT molecular complexity index is 444. The van der Waals surface area contributed by atoms with E-state index in [1.54, 1.807) is 6.92 Å². The molecule has 0 spiro atoms. The van der Waals surface area contributed by atoms with E-state index < -0.39 is 11.0 Å². The fraction of sp³-hybridized carbons (Fsp3) is 0.636. The van der Waals surface area contributed by atoms with Gasteiger partial charge in [0.1, 0.15) is 12.7 Å². The maximum Gasteiger partial charge on any atom is 0.407 e. The van der Waals surface area contributed by atoms with Gasteiger partial charge in [-0.25, -0.2) is 14.3 Å². The average Bonchev–Trinajstić information content (AvgIpc) is 2.72. The third-order valence-electron chi connectivity index (χ3n) is 2.56. The molecule has 8 heteroatoms. The molecular weight excluding hydrogens is 252 g/mol. The van der Waals surface area contributed by atoms with Crippen LogP contribution < -0.4 is 5.32 Å². The molecule has 0 aliphatic carbocycles. The molecule has 106 valence electrons. The Balaban J connectivity index is 2.39. The van der Waals surface area contributed by atoms with Crippen LogP contribution in [0.4, 0.5) is 10.6 Å². The van der Waals surface area contributed by atoms with E-state index in [2.05, 4.69) is 10.3 Å². The van der Waals surface area contributed by atoms with Gasteiger partial charge in [0.15, 0.2) is 5.82 Å². The van der Waals surface area contributed by atoms with Crippen molar-refractivity contribution < 1.29 is 14.5 Å². The van der Waals surface area contributed by atoms with Gasteiger partial charge in [-0.1, -0.05) is 13.3 Å². The second-order valence-electron chi connectivity index (χ2n) is 3.99. The summed E-state index contributed by atoms with van der Waals surface area (Å²) in [7, 11) is 0. The minimum Gasteiger partial charge on any atom is -0.450 e.